The number of nitrogens with two attached hydrogens (primary N) is 1. The number of hydrogen-bond donors (Lipinski definition) is 1. The van der Waals surface area contributed by atoms with E-state index in [1.165, 1.54) is 38.0 Å². The lowest BCUT2D eigenvalue weighted by molar-refractivity contribution is 0.115. The van der Waals surface area contributed by atoms with Crippen molar-refractivity contribution in [2.24, 2.45) is 0 Å². The van der Waals surface area contributed by atoms with Crippen molar-refractivity contribution in [3.05, 3.63) is 24.3 Å². The highest BCUT2D eigenvalue weighted by molar-refractivity contribution is 5.68. The molecule has 2 aliphatic rings. The number of nitrogen functional groups attached to an aromatic ring is 1. The zero-order valence-corrected chi connectivity index (χ0v) is 11.2. The Balaban J connectivity index is 1.82. The van der Waals surface area contributed by atoms with Crippen LogP contribution in [0.25, 0.3) is 0 Å². The molecule has 1 aromatic carbocycles. The van der Waals surface area contributed by atoms with Crippen molar-refractivity contribution in [1.29, 1.82) is 0 Å². The molecule has 0 bridgehead atoms. The molecule has 3 nitrogen and oxygen atoms in total. The Morgan fingerprint density at radius 2 is 2.00 bits per heavy atom. The second kappa shape index (κ2) is 4.81. The SMILES string of the molecule is CC1CN2CCCCC2CN1c1ccccc1N. The standard InChI is InChI=1S/C15H23N3/c1-12-10-17-9-5-4-6-13(17)11-18(12)15-8-3-2-7-14(15)16/h2-3,7-8,12-13H,4-6,9-11,16H2,1H3. The molecule has 2 heterocycles. The maximum atomic E-state index is 6.13. The summed E-state index contributed by atoms with van der Waals surface area (Å²) in [5, 5.41) is 0. The van der Waals surface area contributed by atoms with E-state index in [4.69, 9.17) is 5.73 Å². The van der Waals surface area contributed by atoms with Crippen molar-refractivity contribution < 1.29 is 0 Å². The molecule has 2 saturated heterocycles. The minimum absolute atomic E-state index is 0.559. The summed E-state index contributed by atoms with van der Waals surface area (Å²) in [5.41, 5.74) is 8.25. The van der Waals surface area contributed by atoms with Crippen LogP contribution in [0.5, 0.6) is 0 Å². The number of para-hydroxylation sites is 2. The van der Waals surface area contributed by atoms with E-state index in [0.29, 0.717) is 6.04 Å². The lowest BCUT2D eigenvalue weighted by Crippen LogP contribution is -2.59. The number of anilines is 2. The van der Waals surface area contributed by atoms with Gasteiger partial charge in [0.2, 0.25) is 0 Å². The number of fused-ring (bicyclic) bond motifs is 1. The second-order valence-electron chi connectivity index (χ2n) is 5.70. The van der Waals surface area contributed by atoms with Gasteiger partial charge in [0.1, 0.15) is 0 Å². The quantitative estimate of drug-likeness (QED) is 0.771. The maximum Gasteiger partial charge on any atom is 0.0603 e. The second-order valence-corrected chi connectivity index (χ2v) is 5.70. The van der Waals surface area contributed by atoms with Gasteiger partial charge in [-0.1, -0.05) is 18.6 Å². The van der Waals surface area contributed by atoms with Crippen LogP contribution in [-0.2, 0) is 0 Å². The summed E-state index contributed by atoms with van der Waals surface area (Å²) in [6.07, 6.45) is 4.10. The monoisotopic (exact) mass is 245 g/mol. The summed E-state index contributed by atoms with van der Waals surface area (Å²) in [6, 6.07) is 9.56. The lowest BCUT2D eigenvalue weighted by Gasteiger charge is -2.48. The van der Waals surface area contributed by atoms with Gasteiger partial charge in [-0.2, -0.15) is 0 Å². The lowest BCUT2D eigenvalue weighted by atomic mass is 9.96. The zero-order chi connectivity index (χ0) is 12.5. The number of piperidine rings is 1. The fourth-order valence-electron chi connectivity index (χ4n) is 3.44. The third-order valence-corrected chi connectivity index (χ3v) is 4.43. The van der Waals surface area contributed by atoms with Gasteiger partial charge >= 0.3 is 0 Å². The molecular formula is C15H23N3. The van der Waals surface area contributed by atoms with E-state index >= 15 is 0 Å². The van der Waals surface area contributed by atoms with Gasteiger partial charge in [-0.3, -0.25) is 4.90 Å². The first kappa shape index (κ1) is 11.8. The van der Waals surface area contributed by atoms with Gasteiger partial charge in [-0.15, -0.1) is 0 Å². The normalized spacial score (nSPS) is 29.1. The van der Waals surface area contributed by atoms with Crippen LogP contribution in [0, 0.1) is 0 Å². The largest absolute Gasteiger partial charge is 0.397 e. The molecule has 0 aliphatic carbocycles. The summed E-state index contributed by atoms with van der Waals surface area (Å²) < 4.78 is 0. The van der Waals surface area contributed by atoms with Gasteiger partial charge in [0.15, 0.2) is 0 Å². The molecule has 0 aromatic heterocycles. The van der Waals surface area contributed by atoms with Crippen molar-refractivity contribution in [1.82, 2.24) is 4.90 Å². The van der Waals surface area contributed by atoms with E-state index < -0.39 is 0 Å². The highest BCUT2D eigenvalue weighted by Gasteiger charge is 2.33. The number of rotatable bonds is 1. The molecule has 0 amide bonds. The Hall–Kier alpha value is -1.22. The predicted octanol–water partition coefficient (Wildman–Crippen LogP) is 2.33. The fraction of sp³-hybridized carbons (Fsp3) is 0.600. The molecule has 2 N–H and O–H groups in total. The van der Waals surface area contributed by atoms with E-state index in [-0.39, 0.29) is 0 Å². The molecule has 0 saturated carbocycles. The number of nitrogens with zero attached hydrogens (tertiary/aromatic N) is 2. The molecule has 3 heteroatoms. The first-order valence-electron chi connectivity index (χ1n) is 7.11. The number of benzene rings is 1. The minimum atomic E-state index is 0.559. The van der Waals surface area contributed by atoms with Crippen molar-refractivity contribution in [2.75, 3.05) is 30.3 Å². The van der Waals surface area contributed by atoms with Crippen LogP contribution in [0.2, 0.25) is 0 Å². The van der Waals surface area contributed by atoms with Gasteiger partial charge in [-0.25, -0.2) is 0 Å². The summed E-state index contributed by atoms with van der Waals surface area (Å²) in [6.45, 7) is 5.92. The number of piperazine rings is 1. The molecule has 3 rings (SSSR count). The summed E-state index contributed by atoms with van der Waals surface area (Å²) in [7, 11) is 0. The maximum absolute atomic E-state index is 6.13. The van der Waals surface area contributed by atoms with Crippen LogP contribution < -0.4 is 10.6 Å². The molecule has 18 heavy (non-hydrogen) atoms. The third kappa shape index (κ3) is 2.07. The van der Waals surface area contributed by atoms with Crippen LogP contribution in [0.1, 0.15) is 26.2 Å². The Kier molecular flexibility index (Phi) is 3.16. The Labute approximate surface area is 110 Å². The van der Waals surface area contributed by atoms with E-state index in [0.717, 1.165) is 18.3 Å². The summed E-state index contributed by atoms with van der Waals surface area (Å²) >= 11 is 0. The molecule has 98 valence electrons. The predicted molar refractivity (Wildman–Crippen MR) is 76.9 cm³/mol. The highest BCUT2D eigenvalue weighted by Crippen LogP contribution is 2.31. The van der Waals surface area contributed by atoms with E-state index in [1.807, 2.05) is 12.1 Å². The summed E-state index contributed by atoms with van der Waals surface area (Å²) in [4.78, 5) is 5.17. The van der Waals surface area contributed by atoms with Crippen molar-refractivity contribution in [3.8, 4) is 0 Å². The zero-order valence-electron chi connectivity index (χ0n) is 11.2. The molecule has 2 atom stereocenters. The molecule has 0 spiro atoms. The van der Waals surface area contributed by atoms with Gasteiger partial charge in [0.05, 0.1) is 11.4 Å². The van der Waals surface area contributed by atoms with E-state index in [9.17, 15) is 0 Å². The van der Waals surface area contributed by atoms with Gasteiger partial charge in [0, 0.05) is 25.2 Å². The van der Waals surface area contributed by atoms with Gasteiger partial charge in [-0.05, 0) is 38.4 Å². The Morgan fingerprint density at radius 3 is 2.83 bits per heavy atom. The van der Waals surface area contributed by atoms with Crippen LogP contribution in [-0.4, -0.2) is 36.6 Å². The van der Waals surface area contributed by atoms with Crippen molar-refractivity contribution >= 4 is 11.4 Å². The first-order chi connectivity index (χ1) is 8.75. The van der Waals surface area contributed by atoms with Crippen LogP contribution in [0.3, 0.4) is 0 Å². The van der Waals surface area contributed by atoms with Crippen molar-refractivity contribution in [3.63, 3.8) is 0 Å². The molecule has 0 radical (unpaired) electrons. The third-order valence-electron chi connectivity index (χ3n) is 4.43. The smallest absolute Gasteiger partial charge is 0.0603 e. The minimum Gasteiger partial charge on any atom is -0.397 e. The molecule has 2 aliphatic heterocycles. The molecule has 2 unspecified atom stereocenters. The van der Waals surface area contributed by atoms with Crippen LogP contribution >= 0.6 is 0 Å². The van der Waals surface area contributed by atoms with E-state index in [1.54, 1.807) is 0 Å². The van der Waals surface area contributed by atoms with Gasteiger partial charge in [0.25, 0.3) is 0 Å². The fourth-order valence-corrected chi connectivity index (χ4v) is 3.44. The average Bonchev–Trinajstić information content (AvgIpc) is 2.39. The van der Waals surface area contributed by atoms with Gasteiger partial charge < -0.3 is 10.6 Å². The first-order valence-corrected chi connectivity index (χ1v) is 7.11. The molecular weight excluding hydrogens is 222 g/mol. The molecule has 2 fully saturated rings. The van der Waals surface area contributed by atoms with E-state index in [2.05, 4.69) is 28.9 Å². The number of hydrogen-bond acceptors (Lipinski definition) is 3. The van der Waals surface area contributed by atoms with Crippen LogP contribution in [0.4, 0.5) is 11.4 Å². The summed E-state index contributed by atoms with van der Waals surface area (Å²) in [5.74, 6) is 0. The van der Waals surface area contributed by atoms with Crippen LogP contribution in [0.15, 0.2) is 24.3 Å². The Morgan fingerprint density at radius 1 is 1.17 bits per heavy atom. The molecule has 1 aromatic rings. The Bertz CT molecular complexity index is 418. The highest BCUT2D eigenvalue weighted by atomic mass is 15.3. The average molecular weight is 245 g/mol. The topological polar surface area (TPSA) is 32.5 Å². The van der Waals surface area contributed by atoms with Crippen molar-refractivity contribution in [2.45, 2.75) is 38.3 Å².